The van der Waals surface area contributed by atoms with E-state index in [4.69, 9.17) is 23.8 Å². The molecule has 11 heteroatoms. The first-order valence-corrected chi connectivity index (χ1v) is 16.5. The SMILES string of the molecule is COC(=O)NC(C(=O)N1C(C)CCC1c1nc2c(ccc3cc4c(cc32)OCc2cc(B3OC(C)(C)C(C)(C)O3)ccc2-4)[nH]1)C(C)C. The minimum absolute atomic E-state index is 0.00364. The smallest absolute Gasteiger partial charge is 0.488 e. The van der Waals surface area contributed by atoms with Crippen molar-refractivity contribution in [3.63, 3.8) is 0 Å². The van der Waals surface area contributed by atoms with E-state index < -0.39 is 30.5 Å². The summed E-state index contributed by atoms with van der Waals surface area (Å²) in [5.41, 5.74) is 5.16. The maximum absolute atomic E-state index is 13.9. The highest BCUT2D eigenvalue weighted by Crippen LogP contribution is 2.43. The Bertz CT molecular complexity index is 1890. The minimum atomic E-state index is -0.699. The van der Waals surface area contributed by atoms with E-state index >= 15 is 0 Å². The van der Waals surface area contributed by atoms with Crippen LogP contribution < -0.4 is 15.5 Å². The largest absolute Gasteiger partial charge is 0.494 e. The third kappa shape index (κ3) is 5.24. The molecule has 2 fully saturated rings. The molecule has 3 aromatic carbocycles. The Morgan fingerprint density at radius 2 is 1.79 bits per heavy atom. The number of imidazole rings is 1. The fraction of sp³-hybridized carbons (Fsp3) is 0.472. The van der Waals surface area contributed by atoms with Gasteiger partial charge in [-0.3, -0.25) is 4.79 Å². The van der Waals surface area contributed by atoms with Crippen molar-refractivity contribution in [1.29, 1.82) is 0 Å². The van der Waals surface area contributed by atoms with Crippen molar-refractivity contribution >= 4 is 46.4 Å². The maximum atomic E-state index is 13.9. The van der Waals surface area contributed by atoms with Gasteiger partial charge in [0.1, 0.15) is 24.2 Å². The molecule has 2 saturated heterocycles. The summed E-state index contributed by atoms with van der Waals surface area (Å²) in [5.74, 6) is 1.31. The molecule has 2 amide bonds. The van der Waals surface area contributed by atoms with Gasteiger partial charge in [0, 0.05) is 17.0 Å². The van der Waals surface area contributed by atoms with Crippen molar-refractivity contribution in [1.82, 2.24) is 20.2 Å². The monoisotopic (exact) mass is 638 g/mol. The Hall–Kier alpha value is -4.09. The second-order valence-electron chi connectivity index (χ2n) is 14.5. The van der Waals surface area contributed by atoms with Crippen molar-refractivity contribution in [2.75, 3.05) is 7.11 Å². The van der Waals surface area contributed by atoms with E-state index in [9.17, 15) is 9.59 Å². The van der Waals surface area contributed by atoms with Gasteiger partial charge in [0.25, 0.3) is 0 Å². The van der Waals surface area contributed by atoms with E-state index in [2.05, 4.69) is 74.4 Å². The number of aromatic amines is 1. The number of likely N-dealkylation sites (tertiary alicyclic amines) is 1. The Morgan fingerprint density at radius 1 is 1.04 bits per heavy atom. The average Bonchev–Trinajstić information content (AvgIpc) is 3.70. The maximum Gasteiger partial charge on any atom is 0.494 e. The number of fused-ring (bicyclic) bond motifs is 6. The van der Waals surface area contributed by atoms with Gasteiger partial charge in [0.05, 0.1) is 35.4 Å². The molecule has 1 aromatic heterocycles. The molecule has 47 heavy (non-hydrogen) atoms. The van der Waals surface area contributed by atoms with Gasteiger partial charge >= 0.3 is 13.2 Å². The quantitative estimate of drug-likeness (QED) is 0.258. The molecule has 0 aliphatic carbocycles. The van der Waals surface area contributed by atoms with Crippen molar-refractivity contribution < 1.29 is 28.4 Å². The molecule has 0 spiro atoms. The summed E-state index contributed by atoms with van der Waals surface area (Å²) in [6.07, 6.45) is 1.000. The molecule has 10 nitrogen and oxygen atoms in total. The molecule has 3 aliphatic heterocycles. The van der Waals surface area contributed by atoms with Gasteiger partial charge in [-0.1, -0.05) is 38.1 Å². The standard InChI is InChI=1S/C36H43BN4O6/c1-19(2)30(40-34(43)44-8)33(42)41-20(3)9-14-28(41)32-38-27-13-10-21-16-26-24-12-11-23(37-46-35(4,5)36(6,7)47-37)15-22(24)18-45-29(26)17-25(21)31(27)39-32/h10-13,15-17,19-20,28,30H,9,14,18H2,1-8H3,(H,38,39)(H,40,43). The lowest BCUT2D eigenvalue weighted by atomic mass is 9.77. The van der Waals surface area contributed by atoms with Crippen LogP contribution in [0.5, 0.6) is 5.75 Å². The lowest BCUT2D eigenvalue weighted by Crippen LogP contribution is -2.52. The van der Waals surface area contributed by atoms with Crippen molar-refractivity contribution in [3.8, 4) is 16.9 Å². The molecule has 3 unspecified atom stereocenters. The van der Waals surface area contributed by atoms with Crippen LogP contribution in [-0.4, -0.2) is 64.4 Å². The molecule has 4 aromatic rings. The summed E-state index contributed by atoms with van der Waals surface area (Å²) in [6, 6.07) is 13.8. The number of alkyl carbamates (subject to hydrolysis) is 1. The molecule has 0 saturated carbocycles. The number of carbonyl (C=O) groups is 2. The Morgan fingerprint density at radius 3 is 2.49 bits per heavy atom. The first-order chi connectivity index (χ1) is 22.3. The van der Waals surface area contributed by atoms with Gasteiger partial charge in [-0.2, -0.15) is 0 Å². The Kier molecular flexibility index (Phi) is 7.55. The molecule has 7 rings (SSSR count). The minimum Gasteiger partial charge on any atom is -0.488 e. The van der Waals surface area contributed by atoms with E-state index in [1.54, 1.807) is 0 Å². The third-order valence-corrected chi connectivity index (χ3v) is 10.5. The number of hydrogen-bond acceptors (Lipinski definition) is 7. The van der Waals surface area contributed by atoms with Crippen molar-refractivity contribution in [2.45, 2.75) is 97.2 Å². The number of carbonyl (C=O) groups excluding carboxylic acids is 2. The van der Waals surface area contributed by atoms with Gasteiger partial charge in [0.2, 0.25) is 5.91 Å². The van der Waals surface area contributed by atoms with Gasteiger partial charge in [-0.25, -0.2) is 9.78 Å². The van der Waals surface area contributed by atoms with E-state index in [0.29, 0.717) is 6.61 Å². The van der Waals surface area contributed by atoms with Crippen molar-refractivity contribution in [2.24, 2.45) is 5.92 Å². The number of H-pyrrole nitrogens is 1. The van der Waals surface area contributed by atoms with Crippen LogP contribution in [0.15, 0.2) is 42.5 Å². The zero-order valence-electron chi connectivity index (χ0n) is 28.4. The predicted molar refractivity (Wildman–Crippen MR) is 182 cm³/mol. The number of nitrogens with zero attached hydrogens (tertiary/aromatic N) is 2. The van der Waals surface area contributed by atoms with Gasteiger partial charge in [-0.05, 0) is 93.6 Å². The summed E-state index contributed by atoms with van der Waals surface area (Å²) in [6.45, 7) is 14.6. The summed E-state index contributed by atoms with van der Waals surface area (Å²) in [4.78, 5) is 36.4. The molecule has 3 aliphatic rings. The summed E-state index contributed by atoms with van der Waals surface area (Å²) < 4.78 is 23.7. The van der Waals surface area contributed by atoms with Crippen molar-refractivity contribution in [3.05, 3.63) is 53.9 Å². The Labute approximate surface area is 275 Å². The Balaban J connectivity index is 1.21. The van der Waals surface area contributed by atoms with Crippen LogP contribution in [0.3, 0.4) is 0 Å². The van der Waals surface area contributed by atoms with E-state index in [1.807, 2.05) is 31.7 Å². The zero-order chi connectivity index (χ0) is 33.4. The first kappa shape index (κ1) is 31.5. The number of ether oxygens (including phenoxy) is 2. The number of nitrogens with one attached hydrogen (secondary N) is 2. The van der Waals surface area contributed by atoms with Crippen LogP contribution in [0.4, 0.5) is 4.79 Å². The lowest BCUT2D eigenvalue weighted by molar-refractivity contribution is -0.137. The predicted octanol–water partition coefficient (Wildman–Crippen LogP) is 6.01. The van der Waals surface area contributed by atoms with Gasteiger partial charge in [-0.15, -0.1) is 0 Å². The van der Waals surface area contributed by atoms with Crippen LogP contribution in [0.25, 0.3) is 32.9 Å². The molecular formula is C36H43BN4O6. The third-order valence-electron chi connectivity index (χ3n) is 10.5. The number of rotatable bonds is 5. The summed E-state index contributed by atoms with van der Waals surface area (Å²) in [5, 5.41) is 4.77. The summed E-state index contributed by atoms with van der Waals surface area (Å²) >= 11 is 0. The van der Waals surface area contributed by atoms with Crippen LogP contribution in [0.2, 0.25) is 0 Å². The fourth-order valence-corrected chi connectivity index (χ4v) is 7.09. The number of benzene rings is 3. The fourth-order valence-electron chi connectivity index (χ4n) is 7.09. The molecule has 4 heterocycles. The normalized spacial score (nSPS) is 21.9. The van der Waals surface area contributed by atoms with E-state index in [-0.39, 0.29) is 23.9 Å². The molecule has 2 N–H and O–H groups in total. The molecule has 3 atom stereocenters. The zero-order valence-corrected chi connectivity index (χ0v) is 28.4. The average molecular weight is 639 g/mol. The van der Waals surface area contributed by atoms with Crippen LogP contribution in [0.1, 0.15) is 78.7 Å². The molecule has 0 radical (unpaired) electrons. The van der Waals surface area contributed by atoms with E-state index in [1.165, 1.54) is 7.11 Å². The highest BCUT2D eigenvalue weighted by Gasteiger charge is 2.52. The highest BCUT2D eigenvalue weighted by atomic mass is 16.7. The second-order valence-corrected chi connectivity index (χ2v) is 14.5. The van der Waals surface area contributed by atoms with Crippen LogP contribution in [-0.2, 0) is 25.4 Å². The second kappa shape index (κ2) is 11.3. The highest BCUT2D eigenvalue weighted by molar-refractivity contribution is 6.62. The molecule has 246 valence electrons. The first-order valence-electron chi connectivity index (χ1n) is 16.5. The topological polar surface area (TPSA) is 115 Å². The molecule has 0 bridgehead atoms. The van der Waals surface area contributed by atoms with Crippen LogP contribution >= 0.6 is 0 Å². The number of aromatic nitrogens is 2. The molecular weight excluding hydrogens is 595 g/mol. The number of methoxy groups -OCH3 is 1. The van der Waals surface area contributed by atoms with Gasteiger partial charge < -0.3 is 34.0 Å². The van der Waals surface area contributed by atoms with E-state index in [0.717, 1.165) is 68.4 Å². The van der Waals surface area contributed by atoms with Crippen LogP contribution in [0, 0.1) is 5.92 Å². The summed E-state index contributed by atoms with van der Waals surface area (Å²) in [7, 11) is 0.872. The number of amides is 2. The number of hydrogen-bond donors (Lipinski definition) is 2. The van der Waals surface area contributed by atoms with Gasteiger partial charge in [0.15, 0.2) is 0 Å². The lowest BCUT2D eigenvalue weighted by Gasteiger charge is -2.32.